The molecule has 0 atom stereocenters. The third-order valence-corrected chi connectivity index (χ3v) is 5.11. The Morgan fingerprint density at radius 1 is 1.22 bits per heavy atom. The Hall–Kier alpha value is -1.95. The van der Waals surface area contributed by atoms with Crippen molar-refractivity contribution < 1.29 is 14.3 Å². The van der Waals surface area contributed by atoms with Crippen molar-refractivity contribution in [2.75, 3.05) is 30.8 Å². The van der Waals surface area contributed by atoms with Crippen molar-refractivity contribution in [2.45, 2.75) is 19.8 Å². The van der Waals surface area contributed by atoms with Crippen LogP contribution in [-0.4, -0.2) is 42.2 Å². The standard InChI is InChI=1S/C17H20N2O3S/c1-12-15(23-11-10-22-12)16(20)18-14-7-3-2-6-13(14)17(21)19-8-4-5-9-19/h2-3,6-7H,4-5,8-11H2,1H3,(H,18,20). The summed E-state index contributed by atoms with van der Waals surface area (Å²) in [6.45, 7) is 3.99. The van der Waals surface area contributed by atoms with Crippen molar-refractivity contribution in [2.24, 2.45) is 0 Å². The number of anilines is 1. The first-order valence-electron chi connectivity index (χ1n) is 7.83. The summed E-state index contributed by atoms with van der Waals surface area (Å²) in [6.07, 6.45) is 2.08. The van der Waals surface area contributed by atoms with Gasteiger partial charge >= 0.3 is 0 Å². The number of hydrogen-bond donors (Lipinski definition) is 1. The van der Waals surface area contributed by atoms with Gasteiger partial charge in [0.05, 0.1) is 17.9 Å². The first kappa shape index (κ1) is 15.9. The summed E-state index contributed by atoms with van der Waals surface area (Å²) >= 11 is 1.49. The van der Waals surface area contributed by atoms with Crippen molar-refractivity contribution in [1.82, 2.24) is 4.90 Å². The summed E-state index contributed by atoms with van der Waals surface area (Å²) in [6, 6.07) is 7.18. The van der Waals surface area contributed by atoms with E-state index < -0.39 is 0 Å². The fourth-order valence-electron chi connectivity index (χ4n) is 2.78. The molecule has 3 rings (SSSR count). The highest BCUT2D eigenvalue weighted by atomic mass is 32.2. The zero-order chi connectivity index (χ0) is 16.2. The number of ether oxygens (including phenoxy) is 1. The lowest BCUT2D eigenvalue weighted by Crippen LogP contribution is -2.29. The van der Waals surface area contributed by atoms with Gasteiger partial charge in [-0.3, -0.25) is 9.59 Å². The van der Waals surface area contributed by atoms with E-state index in [0.717, 1.165) is 31.7 Å². The molecular formula is C17H20N2O3S. The Labute approximate surface area is 140 Å². The lowest BCUT2D eigenvalue weighted by Gasteiger charge is -2.20. The topological polar surface area (TPSA) is 58.6 Å². The van der Waals surface area contributed by atoms with E-state index in [9.17, 15) is 9.59 Å². The van der Waals surface area contributed by atoms with Crippen LogP contribution in [0.5, 0.6) is 0 Å². The van der Waals surface area contributed by atoms with E-state index in [1.807, 2.05) is 17.0 Å². The molecule has 5 nitrogen and oxygen atoms in total. The Kier molecular flexibility index (Phi) is 4.91. The number of hydrogen-bond acceptors (Lipinski definition) is 4. The second-order valence-corrected chi connectivity index (χ2v) is 6.69. The molecule has 1 aromatic rings. The summed E-state index contributed by atoms with van der Waals surface area (Å²) in [5.74, 6) is 1.17. The van der Waals surface area contributed by atoms with Crippen molar-refractivity contribution in [3.8, 4) is 0 Å². The number of carbonyl (C=O) groups excluding carboxylic acids is 2. The fourth-order valence-corrected chi connectivity index (χ4v) is 3.59. The van der Waals surface area contributed by atoms with Gasteiger partial charge in [0.25, 0.3) is 11.8 Å². The molecule has 2 aliphatic heterocycles. The van der Waals surface area contributed by atoms with Crippen molar-refractivity contribution >= 4 is 29.3 Å². The van der Waals surface area contributed by atoms with Crippen molar-refractivity contribution in [1.29, 1.82) is 0 Å². The van der Waals surface area contributed by atoms with E-state index in [4.69, 9.17) is 4.74 Å². The second kappa shape index (κ2) is 7.08. The molecule has 122 valence electrons. The van der Waals surface area contributed by atoms with Crippen LogP contribution in [0.2, 0.25) is 0 Å². The number of likely N-dealkylation sites (tertiary alicyclic amines) is 1. The van der Waals surface area contributed by atoms with Gasteiger partial charge in [0.15, 0.2) is 0 Å². The summed E-state index contributed by atoms with van der Waals surface area (Å²) in [4.78, 5) is 27.5. The molecule has 2 amide bonds. The molecule has 0 saturated carbocycles. The van der Waals surface area contributed by atoms with Crippen molar-refractivity contribution in [3.05, 3.63) is 40.5 Å². The lowest BCUT2D eigenvalue weighted by molar-refractivity contribution is -0.112. The predicted octanol–water partition coefficient (Wildman–Crippen LogP) is 2.86. The number of para-hydroxylation sites is 1. The molecular weight excluding hydrogens is 312 g/mol. The Bertz CT molecular complexity index is 651. The molecule has 0 bridgehead atoms. The average Bonchev–Trinajstić information content (AvgIpc) is 3.09. The third-order valence-electron chi connectivity index (χ3n) is 3.97. The Morgan fingerprint density at radius 2 is 1.96 bits per heavy atom. The number of nitrogens with one attached hydrogen (secondary N) is 1. The second-order valence-electron chi connectivity index (χ2n) is 5.58. The van der Waals surface area contributed by atoms with Gasteiger partial charge in [0.1, 0.15) is 10.7 Å². The van der Waals surface area contributed by atoms with Crippen LogP contribution >= 0.6 is 11.8 Å². The SMILES string of the molecule is CC1=C(C(=O)Nc2ccccc2C(=O)N2CCCC2)SCCO1. The zero-order valence-corrected chi connectivity index (χ0v) is 13.9. The molecule has 1 saturated heterocycles. The molecule has 0 radical (unpaired) electrons. The van der Waals surface area contributed by atoms with Gasteiger partial charge in [0.2, 0.25) is 0 Å². The number of thioether (sulfide) groups is 1. The fraction of sp³-hybridized carbons (Fsp3) is 0.412. The summed E-state index contributed by atoms with van der Waals surface area (Å²) in [7, 11) is 0. The van der Waals surface area contributed by atoms with Crippen LogP contribution < -0.4 is 5.32 Å². The van der Waals surface area contributed by atoms with Crippen molar-refractivity contribution in [3.63, 3.8) is 0 Å². The molecule has 0 aromatic heterocycles. The molecule has 2 heterocycles. The highest BCUT2D eigenvalue weighted by Crippen LogP contribution is 2.28. The van der Waals surface area contributed by atoms with Gasteiger partial charge in [-0.15, -0.1) is 11.8 Å². The highest BCUT2D eigenvalue weighted by molar-refractivity contribution is 8.04. The van der Waals surface area contributed by atoms with E-state index in [0.29, 0.717) is 28.5 Å². The summed E-state index contributed by atoms with van der Waals surface area (Å²) in [5.41, 5.74) is 1.10. The third kappa shape index (κ3) is 3.52. The van der Waals surface area contributed by atoms with E-state index in [2.05, 4.69) is 5.32 Å². The van der Waals surface area contributed by atoms with E-state index in [1.54, 1.807) is 19.1 Å². The van der Waals surface area contributed by atoms with Crippen LogP contribution in [0, 0.1) is 0 Å². The maximum absolute atomic E-state index is 12.6. The van der Waals surface area contributed by atoms with Gasteiger partial charge < -0.3 is 15.0 Å². The first-order valence-corrected chi connectivity index (χ1v) is 8.81. The van der Waals surface area contributed by atoms with Crippen LogP contribution in [0.3, 0.4) is 0 Å². The van der Waals surface area contributed by atoms with Gasteiger partial charge in [-0.1, -0.05) is 12.1 Å². The Morgan fingerprint density at radius 3 is 2.70 bits per heavy atom. The largest absolute Gasteiger partial charge is 0.496 e. The van der Waals surface area contributed by atoms with Crippen LogP contribution in [-0.2, 0) is 9.53 Å². The molecule has 6 heteroatoms. The smallest absolute Gasteiger partial charge is 0.265 e. The monoisotopic (exact) mass is 332 g/mol. The maximum atomic E-state index is 12.6. The maximum Gasteiger partial charge on any atom is 0.265 e. The summed E-state index contributed by atoms with van der Waals surface area (Å²) < 4.78 is 5.43. The van der Waals surface area contributed by atoms with Crippen LogP contribution in [0.1, 0.15) is 30.1 Å². The quantitative estimate of drug-likeness (QED) is 0.925. The number of amides is 2. The predicted molar refractivity (Wildman–Crippen MR) is 91.3 cm³/mol. The minimum Gasteiger partial charge on any atom is -0.496 e. The number of allylic oxidation sites excluding steroid dienone is 1. The van der Waals surface area contributed by atoms with Gasteiger partial charge in [-0.25, -0.2) is 0 Å². The molecule has 0 aliphatic carbocycles. The molecule has 1 N–H and O–H groups in total. The van der Waals surface area contributed by atoms with E-state index in [-0.39, 0.29) is 11.8 Å². The van der Waals surface area contributed by atoms with Crippen LogP contribution in [0.25, 0.3) is 0 Å². The molecule has 0 spiro atoms. The molecule has 23 heavy (non-hydrogen) atoms. The lowest BCUT2D eigenvalue weighted by atomic mass is 10.1. The van der Waals surface area contributed by atoms with Gasteiger partial charge in [0, 0.05) is 18.8 Å². The van der Waals surface area contributed by atoms with E-state index >= 15 is 0 Å². The van der Waals surface area contributed by atoms with Crippen LogP contribution in [0.15, 0.2) is 34.9 Å². The Balaban J connectivity index is 1.80. The number of rotatable bonds is 3. The van der Waals surface area contributed by atoms with Crippen LogP contribution in [0.4, 0.5) is 5.69 Å². The minimum atomic E-state index is -0.214. The summed E-state index contributed by atoms with van der Waals surface area (Å²) in [5, 5.41) is 2.87. The molecule has 0 unspecified atom stereocenters. The highest BCUT2D eigenvalue weighted by Gasteiger charge is 2.24. The first-order chi connectivity index (χ1) is 11.2. The minimum absolute atomic E-state index is 0.0170. The normalized spacial score (nSPS) is 17.9. The average molecular weight is 332 g/mol. The van der Waals surface area contributed by atoms with E-state index in [1.165, 1.54) is 11.8 Å². The number of nitrogens with zero attached hydrogens (tertiary/aromatic N) is 1. The molecule has 1 fully saturated rings. The van der Waals surface area contributed by atoms with Gasteiger partial charge in [-0.05, 0) is 31.9 Å². The molecule has 1 aromatic carbocycles. The molecule has 2 aliphatic rings. The number of carbonyl (C=O) groups is 2. The van der Waals surface area contributed by atoms with Gasteiger partial charge in [-0.2, -0.15) is 0 Å². The number of benzene rings is 1. The zero-order valence-electron chi connectivity index (χ0n) is 13.1.